The van der Waals surface area contributed by atoms with Crippen LogP contribution in [0.4, 0.5) is 0 Å². The molecule has 0 spiro atoms. The van der Waals surface area contributed by atoms with E-state index in [0.29, 0.717) is 6.29 Å². The van der Waals surface area contributed by atoms with Crippen molar-refractivity contribution in [2.45, 2.75) is 34.1 Å². The maximum absolute atomic E-state index is 11.5. The Bertz CT molecular complexity index is 223. The molecule has 13 heavy (non-hydrogen) atoms. The minimum absolute atomic E-state index is 0.0274. The van der Waals surface area contributed by atoms with Crippen LogP contribution in [0, 0.1) is 11.3 Å². The molecule has 0 aliphatic carbocycles. The third kappa shape index (κ3) is 3.97. The quantitative estimate of drug-likeness (QED) is 0.490. The highest BCUT2D eigenvalue weighted by molar-refractivity contribution is 5.99. The normalized spacial score (nSPS) is 13.5. The average molecular weight is 184 g/mol. The Hall–Kier alpha value is -0.990. The lowest BCUT2D eigenvalue weighted by Gasteiger charge is -2.19. The van der Waals surface area contributed by atoms with E-state index < -0.39 is 11.3 Å². The maximum atomic E-state index is 11.5. The summed E-state index contributed by atoms with van der Waals surface area (Å²) < 4.78 is 0. The molecule has 0 aliphatic heterocycles. The first-order valence-electron chi connectivity index (χ1n) is 4.28. The molecule has 0 rings (SSSR count). The van der Waals surface area contributed by atoms with Gasteiger partial charge in [0.25, 0.3) is 0 Å². The lowest BCUT2D eigenvalue weighted by atomic mass is 9.82. The summed E-state index contributed by atoms with van der Waals surface area (Å²) in [5.74, 6) is -1.06. The number of carbonyl (C=O) groups excluding carboxylic acids is 3. The number of carbonyl (C=O) groups is 3. The molecule has 0 fully saturated rings. The fourth-order valence-electron chi connectivity index (χ4n) is 1.07. The zero-order valence-corrected chi connectivity index (χ0v) is 8.59. The molecular formula is C10H16O3. The zero-order chi connectivity index (χ0) is 10.6. The van der Waals surface area contributed by atoms with Crippen molar-refractivity contribution in [3.05, 3.63) is 0 Å². The van der Waals surface area contributed by atoms with Crippen LogP contribution in [-0.4, -0.2) is 17.9 Å². The standard InChI is InChI=1S/C10H16O3/c1-7(12)5-8(6-11)9(13)10(2,3)4/h6,8H,5H2,1-4H3. The summed E-state index contributed by atoms with van der Waals surface area (Å²) in [7, 11) is 0. The minimum Gasteiger partial charge on any atom is -0.303 e. The molecule has 0 aromatic rings. The van der Waals surface area contributed by atoms with Gasteiger partial charge < -0.3 is 4.79 Å². The van der Waals surface area contributed by atoms with Gasteiger partial charge in [-0.2, -0.15) is 0 Å². The molecule has 0 aromatic carbocycles. The molecule has 0 saturated carbocycles. The van der Waals surface area contributed by atoms with Gasteiger partial charge in [-0.1, -0.05) is 20.8 Å². The van der Waals surface area contributed by atoms with Gasteiger partial charge in [0, 0.05) is 11.8 Å². The number of ketones is 2. The molecule has 0 radical (unpaired) electrons. The first-order valence-corrected chi connectivity index (χ1v) is 4.28. The summed E-state index contributed by atoms with van der Waals surface area (Å²) in [6, 6.07) is 0. The van der Waals surface area contributed by atoms with E-state index in [9.17, 15) is 14.4 Å². The third-order valence-corrected chi connectivity index (χ3v) is 1.75. The second-order valence-electron chi connectivity index (χ2n) is 4.26. The summed E-state index contributed by atoms with van der Waals surface area (Å²) in [6.07, 6.45) is 0.592. The predicted molar refractivity (Wildman–Crippen MR) is 49.3 cm³/mol. The molecule has 0 amide bonds. The molecule has 0 aliphatic rings. The van der Waals surface area contributed by atoms with Gasteiger partial charge in [0.1, 0.15) is 17.9 Å². The predicted octanol–water partition coefficient (Wildman–Crippen LogP) is 1.40. The number of Topliss-reactive ketones (excluding diaryl/α,β-unsaturated/α-hetero) is 2. The average Bonchev–Trinajstić information content (AvgIpc) is 1.96. The molecule has 0 heterocycles. The minimum atomic E-state index is -0.766. The van der Waals surface area contributed by atoms with Gasteiger partial charge in [0.2, 0.25) is 0 Å². The van der Waals surface area contributed by atoms with Crippen molar-refractivity contribution in [2.75, 3.05) is 0 Å². The van der Waals surface area contributed by atoms with Crippen molar-refractivity contribution in [1.82, 2.24) is 0 Å². The molecule has 0 saturated heterocycles. The Morgan fingerprint density at radius 2 is 1.77 bits per heavy atom. The van der Waals surface area contributed by atoms with E-state index in [0.717, 1.165) is 0 Å². The lowest BCUT2D eigenvalue weighted by Crippen LogP contribution is -2.30. The Morgan fingerprint density at radius 3 is 2.00 bits per heavy atom. The topological polar surface area (TPSA) is 51.2 Å². The van der Waals surface area contributed by atoms with Crippen molar-refractivity contribution in [2.24, 2.45) is 11.3 Å². The van der Waals surface area contributed by atoms with Crippen molar-refractivity contribution in [1.29, 1.82) is 0 Å². The largest absolute Gasteiger partial charge is 0.303 e. The van der Waals surface area contributed by atoms with Crippen LogP contribution in [0.1, 0.15) is 34.1 Å². The van der Waals surface area contributed by atoms with E-state index in [4.69, 9.17) is 0 Å². The second kappa shape index (κ2) is 4.30. The van der Waals surface area contributed by atoms with Crippen LogP contribution in [-0.2, 0) is 14.4 Å². The Kier molecular flexibility index (Phi) is 3.98. The van der Waals surface area contributed by atoms with Crippen LogP contribution in [0.5, 0.6) is 0 Å². The van der Waals surface area contributed by atoms with Gasteiger partial charge >= 0.3 is 0 Å². The van der Waals surface area contributed by atoms with Gasteiger partial charge in [-0.05, 0) is 6.92 Å². The summed E-state index contributed by atoms with van der Waals surface area (Å²) in [6.45, 7) is 6.61. The van der Waals surface area contributed by atoms with Crippen LogP contribution < -0.4 is 0 Å². The van der Waals surface area contributed by atoms with E-state index in [2.05, 4.69) is 0 Å². The molecule has 0 bridgehead atoms. The number of hydrogen-bond acceptors (Lipinski definition) is 3. The first-order chi connectivity index (χ1) is 5.79. The van der Waals surface area contributed by atoms with Crippen molar-refractivity contribution >= 4 is 17.9 Å². The highest BCUT2D eigenvalue weighted by Gasteiger charge is 2.29. The van der Waals surface area contributed by atoms with Crippen molar-refractivity contribution < 1.29 is 14.4 Å². The van der Waals surface area contributed by atoms with Gasteiger partial charge in [0.05, 0.1) is 5.92 Å². The number of hydrogen-bond donors (Lipinski definition) is 0. The fraction of sp³-hybridized carbons (Fsp3) is 0.700. The van der Waals surface area contributed by atoms with Crippen LogP contribution >= 0.6 is 0 Å². The highest BCUT2D eigenvalue weighted by Crippen LogP contribution is 2.21. The van der Waals surface area contributed by atoms with E-state index in [1.54, 1.807) is 20.8 Å². The molecule has 74 valence electrons. The second-order valence-corrected chi connectivity index (χ2v) is 4.26. The third-order valence-electron chi connectivity index (χ3n) is 1.75. The van der Waals surface area contributed by atoms with Crippen LogP contribution in [0.25, 0.3) is 0 Å². The van der Waals surface area contributed by atoms with Crippen molar-refractivity contribution in [3.63, 3.8) is 0 Å². The zero-order valence-electron chi connectivity index (χ0n) is 8.59. The Morgan fingerprint density at radius 1 is 1.31 bits per heavy atom. The van der Waals surface area contributed by atoms with E-state index in [1.807, 2.05) is 0 Å². The van der Waals surface area contributed by atoms with E-state index >= 15 is 0 Å². The molecular weight excluding hydrogens is 168 g/mol. The molecule has 0 aromatic heterocycles. The van der Waals surface area contributed by atoms with Crippen molar-refractivity contribution in [3.8, 4) is 0 Å². The maximum Gasteiger partial charge on any atom is 0.148 e. The van der Waals surface area contributed by atoms with Gasteiger partial charge in [0.15, 0.2) is 0 Å². The molecule has 1 unspecified atom stereocenters. The lowest BCUT2D eigenvalue weighted by molar-refractivity contribution is -0.136. The summed E-state index contributed by atoms with van der Waals surface area (Å²) in [4.78, 5) is 32.8. The van der Waals surface area contributed by atoms with Gasteiger partial charge in [-0.3, -0.25) is 9.59 Å². The highest BCUT2D eigenvalue weighted by atomic mass is 16.1. The monoisotopic (exact) mass is 184 g/mol. The summed E-state index contributed by atoms with van der Waals surface area (Å²) in [5, 5.41) is 0. The summed E-state index contributed by atoms with van der Waals surface area (Å²) >= 11 is 0. The van der Waals surface area contributed by atoms with E-state index in [1.165, 1.54) is 6.92 Å². The number of aldehydes is 1. The molecule has 0 N–H and O–H groups in total. The SMILES string of the molecule is CC(=O)CC(C=O)C(=O)C(C)(C)C. The molecule has 3 heteroatoms. The molecule has 3 nitrogen and oxygen atoms in total. The van der Waals surface area contributed by atoms with Crippen LogP contribution in [0.2, 0.25) is 0 Å². The Labute approximate surface area is 78.5 Å². The van der Waals surface area contributed by atoms with E-state index in [-0.39, 0.29) is 18.0 Å². The summed E-state index contributed by atoms with van der Waals surface area (Å²) in [5.41, 5.74) is -0.555. The molecule has 1 atom stereocenters. The fourth-order valence-corrected chi connectivity index (χ4v) is 1.07. The van der Waals surface area contributed by atoms with Gasteiger partial charge in [-0.15, -0.1) is 0 Å². The van der Waals surface area contributed by atoms with Crippen LogP contribution in [0.15, 0.2) is 0 Å². The van der Waals surface area contributed by atoms with Gasteiger partial charge in [-0.25, -0.2) is 0 Å². The van der Waals surface area contributed by atoms with Crippen LogP contribution in [0.3, 0.4) is 0 Å². The first kappa shape index (κ1) is 12.0. The smallest absolute Gasteiger partial charge is 0.148 e. The number of rotatable bonds is 4. The Balaban J connectivity index is 4.51.